The Labute approximate surface area is 167 Å². The molecule has 0 amide bonds. The topological polar surface area (TPSA) is 59.8 Å². The first-order valence-electron chi connectivity index (χ1n) is 9.50. The van der Waals surface area contributed by atoms with Crippen LogP contribution in [0.2, 0.25) is 0 Å². The van der Waals surface area contributed by atoms with E-state index in [-0.39, 0.29) is 17.3 Å². The van der Waals surface area contributed by atoms with Crippen molar-refractivity contribution in [3.05, 3.63) is 77.0 Å². The monoisotopic (exact) mass is 385 g/mol. The molecule has 5 rings (SSSR count). The number of carbonyl (C=O) groups excluding carboxylic acids is 2. The number of furan rings is 1. The van der Waals surface area contributed by atoms with Gasteiger partial charge in [-0.25, -0.2) is 0 Å². The number of hydrogen-bond donors (Lipinski definition) is 0. The summed E-state index contributed by atoms with van der Waals surface area (Å²) in [6.45, 7) is 1.29. The van der Waals surface area contributed by atoms with Crippen molar-refractivity contribution in [2.75, 3.05) is 27.2 Å². The summed E-state index contributed by atoms with van der Waals surface area (Å²) < 4.78 is 12.0. The second kappa shape index (κ2) is 6.57. The molecule has 0 bridgehead atoms. The van der Waals surface area contributed by atoms with Crippen molar-refractivity contribution >= 4 is 33.3 Å². The summed E-state index contributed by atoms with van der Waals surface area (Å²) in [6.07, 6.45) is 0. The number of nitrogens with zero attached hydrogens (tertiary/aromatic N) is 1. The molecule has 5 heteroatoms. The summed E-state index contributed by atoms with van der Waals surface area (Å²) in [7, 11) is 3.97. The molecular weight excluding hydrogens is 366 g/mol. The van der Waals surface area contributed by atoms with Crippen molar-refractivity contribution < 1.29 is 18.7 Å². The Bertz CT molecular complexity index is 1300. The van der Waals surface area contributed by atoms with Gasteiger partial charge in [-0.05, 0) is 19.5 Å². The molecule has 0 spiro atoms. The number of fused-ring (bicyclic) bond motifs is 6. The number of hydrogen-bond acceptors (Lipinski definition) is 5. The lowest BCUT2D eigenvalue weighted by Gasteiger charge is -2.14. The number of carbonyl (C=O) groups is 2. The summed E-state index contributed by atoms with van der Waals surface area (Å²) >= 11 is 0. The van der Waals surface area contributed by atoms with Crippen molar-refractivity contribution in [3.63, 3.8) is 0 Å². The Morgan fingerprint density at radius 1 is 0.897 bits per heavy atom. The maximum absolute atomic E-state index is 13.3. The molecule has 4 aromatic rings. The standard InChI is InChI=1S/C24H19NO4/c1-25(2)11-12-28-18-13-19-20(15-8-4-3-7-14(15)18)21-22(26)16-9-5-6-10-17(16)23(27)24(21)29-19/h3-10,13H,11-12H2,1-2H3. The number of benzene rings is 3. The molecule has 5 nitrogen and oxygen atoms in total. The highest BCUT2D eigenvalue weighted by molar-refractivity contribution is 6.33. The molecule has 1 heterocycles. The van der Waals surface area contributed by atoms with Crippen LogP contribution >= 0.6 is 0 Å². The second-order valence-electron chi connectivity index (χ2n) is 7.46. The molecule has 0 radical (unpaired) electrons. The zero-order valence-electron chi connectivity index (χ0n) is 16.2. The third-order valence-electron chi connectivity index (χ3n) is 5.31. The fourth-order valence-electron chi connectivity index (χ4n) is 3.90. The predicted molar refractivity (Wildman–Crippen MR) is 111 cm³/mol. The first-order chi connectivity index (χ1) is 14.1. The Balaban J connectivity index is 1.75. The highest BCUT2D eigenvalue weighted by atomic mass is 16.5. The summed E-state index contributed by atoms with van der Waals surface area (Å²) in [4.78, 5) is 28.3. The van der Waals surface area contributed by atoms with Crippen LogP contribution < -0.4 is 4.74 Å². The first kappa shape index (κ1) is 17.6. The molecule has 0 aliphatic heterocycles. The Hall–Kier alpha value is -3.44. The maximum atomic E-state index is 13.3. The lowest BCUT2D eigenvalue weighted by Crippen LogP contribution is -2.19. The molecule has 29 heavy (non-hydrogen) atoms. The van der Waals surface area contributed by atoms with Crippen molar-refractivity contribution in [2.24, 2.45) is 0 Å². The summed E-state index contributed by atoms with van der Waals surface area (Å²) in [5.74, 6) is 0.351. The largest absolute Gasteiger partial charge is 0.491 e. The van der Waals surface area contributed by atoms with E-state index in [2.05, 4.69) is 0 Å². The lowest BCUT2D eigenvalue weighted by molar-refractivity contribution is 0.0962. The zero-order valence-corrected chi connectivity index (χ0v) is 16.2. The smallest absolute Gasteiger partial charge is 0.229 e. The van der Waals surface area contributed by atoms with E-state index in [1.807, 2.05) is 43.3 Å². The molecule has 0 fully saturated rings. The summed E-state index contributed by atoms with van der Waals surface area (Å²) in [5.41, 5.74) is 1.64. The third kappa shape index (κ3) is 2.66. The Morgan fingerprint density at radius 3 is 2.28 bits per heavy atom. The fraction of sp³-hybridized carbons (Fsp3) is 0.167. The number of ketones is 2. The molecule has 3 aromatic carbocycles. The number of likely N-dealkylation sites (N-methyl/N-ethyl adjacent to an activating group) is 1. The SMILES string of the molecule is CN(C)CCOc1cc2oc3c(c2c2ccccc12)C(=O)c1ccccc1C3=O. The first-order valence-corrected chi connectivity index (χ1v) is 9.50. The van der Waals surface area contributed by atoms with Gasteiger partial charge < -0.3 is 14.1 Å². The second-order valence-corrected chi connectivity index (χ2v) is 7.46. The van der Waals surface area contributed by atoms with Gasteiger partial charge in [0.2, 0.25) is 5.78 Å². The predicted octanol–water partition coefficient (Wildman–Crippen LogP) is 4.30. The van der Waals surface area contributed by atoms with Crippen LogP contribution in [0.4, 0.5) is 0 Å². The van der Waals surface area contributed by atoms with Crippen molar-refractivity contribution in [1.82, 2.24) is 4.90 Å². The minimum absolute atomic E-state index is 0.110. The van der Waals surface area contributed by atoms with Crippen LogP contribution in [-0.4, -0.2) is 43.7 Å². The van der Waals surface area contributed by atoms with Crippen LogP contribution in [0.5, 0.6) is 5.75 Å². The van der Waals surface area contributed by atoms with E-state index in [4.69, 9.17) is 9.15 Å². The van der Waals surface area contributed by atoms with Crippen LogP contribution in [0.15, 0.2) is 59.0 Å². The van der Waals surface area contributed by atoms with Crippen molar-refractivity contribution in [2.45, 2.75) is 0 Å². The zero-order chi connectivity index (χ0) is 20.1. The van der Waals surface area contributed by atoms with Gasteiger partial charge in [0.15, 0.2) is 11.5 Å². The van der Waals surface area contributed by atoms with Gasteiger partial charge in [0, 0.05) is 34.5 Å². The van der Waals surface area contributed by atoms with Crippen molar-refractivity contribution in [3.8, 4) is 5.75 Å². The molecule has 0 saturated carbocycles. The normalized spacial score (nSPS) is 13.2. The van der Waals surface area contributed by atoms with E-state index in [1.165, 1.54) is 0 Å². The van der Waals surface area contributed by atoms with E-state index in [9.17, 15) is 9.59 Å². The Kier molecular flexibility index (Phi) is 4.00. The van der Waals surface area contributed by atoms with Gasteiger partial charge in [0.25, 0.3) is 0 Å². The van der Waals surface area contributed by atoms with E-state index < -0.39 is 0 Å². The van der Waals surface area contributed by atoms with Crippen molar-refractivity contribution in [1.29, 1.82) is 0 Å². The van der Waals surface area contributed by atoms with Gasteiger partial charge in [0.05, 0.1) is 5.56 Å². The fourth-order valence-corrected chi connectivity index (χ4v) is 3.90. The average molecular weight is 385 g/mol. The van der Waals surface area contributed by atoms with E-state index >= 15 is 0 Å². The van der Waals surface area contributed by atoms with Crippen LogP contribution in [0.1, 0.15) is 32.0 Å². The lowest BCUT2D eigenvalue weighted by atomic mass is 9.86. The molecule has 0 saturated heterocycles. The number of rotatable bonds is 4. The average Bonchev–Trinajstić information content (AvgIpc) is 3.12. The van der Waals surface area contributed by atoms with Crippen LogP contribution in [-0.2, 0) is 0 Å². The summed E-state index contributed by atoms with van der Waals surface area (Å²) in [6, 6.07) is 16.4. The molecule has 1 aliphatic carbocycles. The summed E-state index contributed by atoms with van der Waals surface area (Å²) in [5, 5.41) is 2.40. The van der Waals surface area contributed by atoms with Crippen LogP contribution in [0.25, 0.3) is 21.7 Å². The quantitative estimate of drug-likeness (QED) is 0.462. The van der Waals surface area contributed by atoms with Gasteiger partial charge in [0.1, 0.15) is 17.9 Å². The van der Waals surface area contributed by atoms with Gasteiger partial charge in [-0.15, -0.1) is 0 Å². The molecule has 144 valence electrons. The minimum Gasteiger partial charge on any atom is -0.491 e. The van der Waals surface area contributed by atoms with E-state index in [0.717, 1.165) is 17.3 Å². The van der Waals surface area contributed by atoms with E-state index in [1.54, 1.807) is 30.3 Å². The maximum Gasteiger partial charge on any atom is 0.229 e. The highest BCUT2D eigenvalue weighted by Crippen LogP contribution is 2.41. The van der Waals surface area contributed by atoms with Gasteiger partial charge in [-0.2, -0.15) is 0 Å². The van der Waals surface area contributed by atoms with Gasteiger partial charge in [-0.1, -0.05) is 48.5 Å². The van der Waals surface area contributed by atoms with Crippen LogP contribution in [0, 0.1) is 0 Å². The van der Waals surface area contributed by atoms with E-state index in [0.29, 0.717) is 40.0 Å². The molecule has 1 aliphatic rings. The number of ether oxygens (including phenoxy) is 1. The van der Waals surface area contributed by atoms with Crippen LogP contribution in [0.3, 0.4) is 0 Å². The minimum atomic E-state index is -0.259. The third-order valence-corrected chi connectivity index (χ3v) is 5.31. The molecule has 1 aromatic heterocycles. The molecule has 0 unspecified atom stereocenters. The van der Waals surface area contributed by atoms with Gasteiger partial charge in [-0.3, -0.25) is 9.59 Å². The highest BCUT2D eigenvalue weighted by Gasteiger charge is 2.35. The molecular formula is C24H19NO4. The Morgan fingerprint density at radius 2 is 1.55 bits per heavy atom. The molecule has 0 atom stereocenters. The van der Waals surface area contributed by atoms with Gasteiger partial charge >= 0.3 is 0 Å². The molecule has 0 N–H and O–H groups in total.